The number of hydrogen-bond acceptors (Lipinski definition) is 1. The number of benzene rings is 1. The zero-order valence-corrected chi connectivity index (χ0v) is 15.7. The fourth-order valence-corrected chi connectivity index (χ4v) is 1.61. The molecule has 0 aliphatic carbocycles. The number of nitrogens with zero attached hydrogens (tertiary/aromatic N) is 1. The van der Waals surface area contributed by atoms with E-state index in [1.807, 2.05) is 18.2 Å². The average molecular weight is 353 g/mol. The second-order valence-electron chi connectivity index (χ2n) is 3.76. The van der Waals surface area contributed by atoms with Crippen molar-refractivity contribution in [1.82, 2.24) is 0 Å². The molecule has 78 valence electrons. The Kier molecular flexibility index (Phi) is 11.5. The summed E-state index contributed by atoms with van der Waals surface area (Å²) in [5.74, 6) is 0. The number of para-hydroxylation sites is 1. The molecule has 0 aliphatic heterocycles. The predicted octanol–water partition coefficient (Wildman–Crippen LogP) is 2.91. The van der Waals surface area contributed by atoms with E-state index in [2.05, 4.69) is 44.7 Å². The van der Waals surface area contributed by atoms with Crippen LogP contribution in [0.3, 0.4) is 0 Å². The van der Waals surface area contributed by atoms with Gasteiger partial charge in [0.15, 0.2) is 0 Å². The van der Waals surface area contributed by atoms with Crippen molar-refractivity contribution in [1.29, 1.82) is 0 Å². The molecule has 0 saturated heterocycles. The van der Waals surface area contributed by atoms with E-state index in [0.717, 1.165) is 5.69 Å². The van der Waals surface area contributed by atoms with Gasteiger partial charge in [0.05, 0.1) is 0 Å². The summed E-state index contributed by atoms with van der Waals surface area (Å²) in [7, 11) is 0. The minimum absolute atomic E-state index is 0. The minimum atomic E-state index is 0. The Morgan fingerprint density at radius 1 is 0.933 bits per heavy atom. The molecule has 1 nitrogen and oxygen atoms in total. The third-order valence-electron chi connectivity index (χ3n) is 2.00. The molecule has 0 aliphatic rings. The molecule has 0 aromatic heterocycles. The normalized spacial score (nSPS) is 9.47. The standard InChI is InChI=1S/C12H17N.2Y/c1-10(2)13(11(3)4)12-8-6-5-7-9-12;;/h5-7,10-11H,1-4H3;;/q-2;;. The Labute approximate surface area is 144 Å². The smallest absolute Gasteiger partial charge is 0.0193 e. The molecule has 1 rings (SSSR count). The van der Waals surface area contributed by atoms with E-state index in [0.29, 0.717) is 12.1 Å². The Bertz CT molecular complexity index is 239. The van der Waals surface area contributed by atoms with Crippen molar-refractivity contribution < 1.29 is 65.4 Å². The third kappa shape index (κ3) is 5.91. The van der Waals surface area contributed by atoms with Gasteiger partial charge in [0.1, 0.15) is 0 Å². The summed E-state index contributed by atoms with van der Waals surface area (Å²) in [6.07, 6.45) is 0. The molecule has 2 radical (unpaired) electrons. The van der Waals surface area contributed by atoms with Gasteiger partial charge in [-0.15, -0.1) is 0 Å². The summed E-state index contributed by atoms with van der Waals surface area (Å²) in [4.78, 5) is 2.31. The Hall–Kier alpha value is 1.23. The molecular formula is C12H17NY2-2. The first-order valence-electron chi connectivity index (χ1n) is 4.79. The van der Waals surface area contributed by atoms with Crippen LogP contribution in [0.15, 0.2) is 18.2 Å². The van der Waals surface area contributed by atoms with Gasteiger partial charge >= 0.3 is 0 Å². The Balaban J connectivity index is 0. The van der Waals surface area contributed by atoms with Crippen LogP contribution in [0.2, 0.25) is 0 Å². The SMILES string of the molecule is CC(C)N(c1[c-]ccc[c-]1)C(C)C.[Y].[Y]. The second kappa shape index (κ2) is 9.28. The van der Waals surface area contributed by atoms with Gasteiger partial charge in [-0.05, 0) is 27.7 Å². The monoisotopic (exact) mass is 353 g/mol. The van der Waals surface area contributed by atoms with Crippen LogP contribution in [0.4, 0.5) is 5.69 Å². The van der Waals surface area contributed by atoms with Crippen LogP contribution in [-0.4, -0.2) is 12.1 Å². The van der Waals surface area contributed by atoms with E-state index in [1.165, 1.54) is 0 Å². The largest absolute Gasteiger partial charge is 0.412 e. The first-order valence-corrected chi connectivity index (χ1v) is 4.79. The number of anilines is 1. The van der Waals surface area contributed by atoms with Gasteiger partial charge in [-0.3, -0.25) is 18.2 Å². The summed E-state index contributed by atoms with van der Waals surface area (Å²) >= 11 is 0. The van der Waals surface area contributed by atoms with Gasteiger partial charge in [0.2, 0.25) is 0 Å². The van der Waals surface area contributed by atoms with E-state index in [4.69, 9.17) is 0 Å². The second-order valence-corrected chi connectivity index (χ2v) is 3.76. The quantitative estimate of drug-likeness (QED) is 0.756. The van der Waals surface area contributed by atoms with Crippen molar-refractivity contribution in [2.75, 3.05) is 4.90 Å². The van der Waals surface area contributed by atoms with Crippen LogP contribution in [0, 0.1) is 12.1 Å². The first kappa shape index (κ1) is 18.6. The summed E-state index contributed by atoms with van der Waals surface area (Å²) in [6.45, 7) is 8.76. The third-order valence-corrected chi connectivity index (χ3v) is 2.00. The van der Waals surface area contributed by atoms with E-state index >= 15 is 0 Å². The molecule has 0 bridgehead atoms. The first-order chi connectivity index (χ1) is 6.13. The van der Waals surface area contributed by atoms with Gasteiger partial charge in [0.25, 0.3) is 0 Å². The molecule has 0 unspecified atom stereocenters. The topological polar surface area (TPSA) is 3.24 Å². The van der Waals surface area contributed by atoms with E-state index in [1.54, 1.807) is 0 Å². The number of rotatable bonds is 3. The zero-order valence-electron chi connectivity index (χ0n) is 9.99. The molecule has 1 aromatic carbocycles. The fraction of sp³-hybridized carbons (Fsp3) is 0.500. The molecule has 0 fully saturated rings. The molecule has 15 heavy (non-hydrogen) atoms. The number of hydrogen-bond donors (Lipinski definition) is 0. The van der Waals surface area contributed by atoms with Crippen LogP contribution in [0.25, 0.3) is 0 Å². The molecule has 0 amide bonds. The van der Waals surface area contributed by atoms with Gasteiger partial charge in [-0.25, -0.2) is 5.69 Å². The van der Waals surface area contributed by atoms with E-state index < -0.39 is 0 Å². The minimum Gasteiger partial charge on any atom is -0.412 e. The van der Waals surface area contributed by atoms with Crippen LogP contribution in [-0.2, 0) is 65.4 Å². The van der Waals surface area contributed by atoms with Gasteiger partial charge in [-0.2, -0.15) is 0 Å². The summed E-state index contributed by atoms with van der Waals surface area (Å²) < 4.78 is 0. The van der Waals surface area contributed by atoms with Crippen molar-refractivity contribution in [3.8, 4) is 0 Å². The van der Waals surface area contributed by atoms with Crippen LogP contribution in [0.1, 0.15) is 27.7 Å². The Morgan fingerprint density at radius 2 is 1.33 bits per heavy atom. The van der Waals surface area contributed by atoms with Crippen LogP contribution in [0.5, 0.6) is 0 Å². The van der Waals surface area contributed by atoms with E-state index in [9.17, 15) is 0 Å². The molecule has 0 saturated carbocycles. The van der Waals surface area contributed by atoms with Crippen molar-refractivity contribution in [2.24, 2.45) is 0 Å². The van der Waals surface area contributed by atoms with Gasteiger partial charge < -0.3 is 17.0 Å². The molecular weight excluding hydrogens is 336 g/mol. The summed E-state index contributed by atoms with van der Waals surface area (Å²) in [6, 6.07) is 13.2. The van der Waals surface area contributed by atoms with E-state index in [-0.39, 0.29) is 65.4 Å². The maximum Gasteiger partial charge on any atom is 0.0193 e. The van der Waals surface area contributed by atoms with Crippen molar-refractivity contribution in [3.63, 3.8) is 0 Å². The van der Waals surface area contributed by atoms with Crippen molar-refractivity contribution >= 4 is 5.69 Å². The van der Waals surface area contributed by atoms with Gasteiger partial charge in [-0.1, -0.05) is 0 Å². The molecule has 0 heterocycles. The Morgan fingerprint density at radius 3 is 1.67 bits per heavy atom. The zero-order chi connectivity index (χ0) is 9.84. The molecule has 0 N–H and O–H groups in total. The predicted molar refractivity (Wildman–Crippen MR) is 56.9 cm³/mol. The molecule has 1 aromatic rings. The maximum absolute atomic E-state index is 3.20. The maximum atomic E-state index is 3.20. The molecule has 0 spiro atoms. The molecule has 3 heteroatoms. The summed E-state index contributed by atoms with van der Waals surface area (Å²) in [5, 5.41) is 0. The van der Waals surface area contributed by atoms with Crippen LogP contribution < -0.4 is 4.90 Å². The average Bonchev–Trinajstić information content (AvgIpc) is 2.04. The van der Waals surface area contributed by atoms with Gasteiger partial charge in [0, 0.05) is 77.5 Å². The summed E-state index contributed by atoms with van der Waals surface area (Å²) in [5.41, 5.74) is 1.06. The van der Waals surface area contributed by atoms with Crippen molar-refractivity contribution in [3.05, 3.63) is 30.3 Å². The fourth-order valence-electron chi connectivity index (χ4n) is 1.61. The van der Waals surface area contributed by atoms with Crippen molar-refractivity contribution in [2.45, 2.75) is 39.8 Å². The molecule has 0 atom stereocenters. The van der Waals surface area contributed by atoms with Crippen LogP contribution >= 0.6 is 0 Å².